The van der Waals surface area contributed by atoms with Crippen molar-refractivity contribution >= 4 is 17.5 Å². The molecular weight excluding hydrogens is 352 g/mol. The Labute approximate surface area is 166 Å². The van der Waals surface area contributed by atoms with Crippen molar-refractivity contribution in [3.05, 3.63) is 60.2 Å². The van der Waals surface area contributed by atoms with Crippen molar-refractivity contribution in [3.63, 3.8) is 0 Å². The zero-order valence-electron chi connectivity index (χ0n) is 16.4. The van der Waals surface area contributed by atoms with Gasteiger partial charge in [0, 0.05) is 25.2 Å². The summed E-state index contributed by atoms with van der Waals surface area (Å²) in [6, 6.07) is 17.5. The highest BCUT2D eigenvalue weighted by Gasteiger charge is 2.34. The molecule has 2 aromatic rings. The lowest BCUT2D eigenvalue weighted by Crippen LogP contribution is -2.33. The Balaban J connectivity index is 1.52. The minimum atomic E-state index is -0.275. The van der Waals surface area contributed by atoms with Crippen LogP contribution in [-0.4, -0.2) is 24.9 Å². The number of ether oxygens (including phenoxy) is 1. The molecule has 1 aliphatic rings. The molecule has 2 amide bonds. The van der Waals surface area contributed by atoms with E-state index in [1.54, 1.807) is 4.90 Å². The average Bonchev–Trinajstić information content (AvgIpc) is 3.12. The fourth-order valence-corrected chi connectivity index (χ4v) is 3.33. The first-order chi connectivity index (χ1) is 13.7. The van der Waals surface area contributed by atoms with Crippen molar-refractivity contribution in [3.8, 4) is 5.75 Å². The monoisotopic (exact) mass is 380 g/mol. The molecule has 5 nitrogen and oxygen atoms in total. The molecule has 5 heteroatoms. The number of hydrogen-bond donors (Lipinski definition) is 1. The molecule has 0 bridgehead atoms. The number of unbranched alkanes of at least 4 members (excludes halogenated alkanes) is 2. The summed E-state index contributed by atoms with van der Waals surface area (Å²) < 4.78 is 5.79. The maximum atomic E-state index is 12.4. The lowest BCUT2D eigenvalue weighted by Gasteiger charge is -2.17. The Morgan fingerprint density at radius 2 is 1.86 bits per heavy atom. The third-order valence-corrected chi connectivity index (χ3v) is 4.97. The van der Waals surface area contributed by atoms with Gasteiger partial charge in [0.1, 0.15) is 12.4 Å². The van der Waals surface area contributed by atoms with Crippen LogP contribution in [-0.2, 0) is 16.2 Å². The summed E-state index contributed by atoms with van der Waals surface area (Å²) in [5.41, 5.74) is 1.91. The highest BCUT2D eigenvalue weighted by molar-refractivity contribution is 6.00. The molecule has 0 aliphatic carbocycles. The number of amides is 2. The number of carbonyl (C=O) groups excluding carboxylic acids is 2. The molecule has 1 heterocycles. The topological polar surface area (TPSA) is 58.6 Å². The molecule has 0 aromatic heterocycles. The van der Waals surface area contributed by atoms with E-state index in [4.69, 9.17) is 4.74 Å². The smallest absolute Gasteiger partial charge is 0.227 e. The fourth-order valence-electron chi connectivity index (χ4n) is 3.33. The number of hydrogen-bond acceptors (Lipinski definition) is 3. The van der Waals surface area contributed by atoms with Crippen molar-refractivity contribution in [2.75, 3.05) is 18.0 Å². The zero-order valence-corrected chi connectivity index (χ0v) is 16.4. The molecule has 0 saturated carbocycles. The van der Waals surface area contributed by atoms with Gasteiger partial charge in [0.15, 0.2) is 0 Å². The van der Waals surface area contributed by atoms with Crippen LogP contribution in [0.15, 0.2) is 54.6 Å². The summed E-state index contributed by atoms with van der Waals surface area (Å²) >= 11 is 0. The first-order valence-corrected chi connectivity index (χ1v) is 10.0. The molecule has 2 aromatic carbocycles. The van der Waals surface area contributed by atoms with Crippen LogP contribution in [0.1, 0.15) is 38.2 Å². The molecule has 1 fully saturated rings. The van der Waals surface area contributed by atoms with E-state index < -0.39 is 0 Å². The summed E-state index contributed by atoms with van der Waals surface area (Å²) in [7, 11) is 0. The van der Waals surface area contributed by atoms with Gasteiger partial charge in [-0.25, -0.2) is 0 Å². The fraction of sp³-hybridized carbons (Fsp3) is 0.391. The van der Waals surface area contributed by atoms with Gasteiger partial charge >= 0.3 is 0 Å². The molecule has 0 spiro atoms. The Kier molecular flexibility index (Phi) is 7.06. The maximum absolute atomic E-state index is 12.4. The van der Waals surface area contributed by atoms with Crippen molar-refractivity contribution in [1.29, 1.82) is 0 Å². The van der Waals surface area contributed by atoms with E-state index in [-0.39, 0.29) is 24.2 Å². The highest BCUT2D eigenvalue weighted by atomic mass is 16.5. The van der Waals surface area contributed by atoms with Crippen LogP contribution in [0, 0.1) is 5.92 Å². The van der Waals surface area contributed by atoms with E-state index in [2.05, 4.69) is 12.2 Å². The van der Waals surface area contributed by atoms with Gasteiger partial charge < -0.3 is 15.0 Å². The molecule has 28 heavy (non-hydrogen) atoms. The molecule has 1 N–H and O–H groups in total. The molecule has 148 valence electrons. The number of rotatable bonds is 9. The molecule has 0 radical (unpaired) electrons. The summed E-state index contributed by atoms with van der Waals surface area (Å²) in [4.78, 5) is 26.4. The van der Waals surface area contributed by atoms with Crippen LogP contribution in [0.25, 0.3) is 0 Å². The van der Waals surface area contributed by atoms with E-state index in [1.165, 1.54) is 0 Å². The molecule has 1 aliphatic heterocycles. The second kappa shape index (κ2) is 9.93. The summed E-state index contributed by atoms with van der Waals surface area (Å²) in [6.07, 6.45) is 3.48. The van der Waals surface area contributed by atoms with Crippen LogP contribution in [0.2, 0.25) is 0 Å². The predicted octanol–water partition coefficient (Wildman–Crippen LogP) is 3.92. The zero-order chi connectivity index (χ0) is 19.8. The van der Waals surface area contributed by atoms with Gasteiger partial charge in [-0.3, -0.25) is 9.59 Å². The van der Waals surface area contributed by atoms with Crippen molar-refractivity contribution < 1.29 is 14.3 Å². The van der Waals surface area contributed by atoms with E-state index in [0.29, 0.717) is 19.7 Å². The van der Waals surface area contributed by atoms with Crippen LogP contribution in [0.4, 0.5) is 5.69 Å². The van der Waals surface area contributed by atoms with Crippen LogP contribution < -0.4 is 15.0 Å². The lowest BCUT2D eigenvalue weighted by molar-refractivity contribution is -0.126. The Bertz CT molecular complexity index is 774. The Hall–Kier alpha value is -2.82. The van der Waals surface area contributed by atoms with Crippen molar-refractivity contribution in [2.45, 2.75) is 39.2 Å². The largest absolute Gasteiger partial charge is 0.489 e. The molecule has 1 saturated heterocycles. The molecular formula is C23H28N2O3. The van der Waals surface area contributed by atoms with Gasteiger partial charge in [0.05, 0.1) is 5.92 Å². The van der Waals surface area contributed by atoms with Gasteiger partial charge in [0.25, 0.3) is 0 Å². The number of carbonyl (C=O) groups is 2. The van der Waals surface area contributed by atoms with Gasteiger partial charge in [-0.1, -0.05) is 50.1 Å². The third-order valence-electron chi connectivity index (χ3n) is 4.97. The number of anilines is 1. The van der Waals surface area contributed by atoms with Crippen LogP contribution in [0.3, 0.4) is 0 Å². The van der Waals surface area contributed by atoms with E-state index in [0.717, 1.165) is 36.3 Å². The molecule has 1 unspecified atom stereocenters. The average molecular weight is 380 g/mol. The summed E-state index contributed by atoms with van der Waals surface area (Å²) in [5, 5.41) is 2.96. The number of benzene rings is 2. The van der Waals surface area contributed by atoms with E-state index in [9.17, 15) is 9.59 Å². The Morgan fingerprint density at radius 1 is 1.11 bits per heavy atom. The minimum absolute atomic E-state index is 0.00772. The van der Waals surface area contributed by atoms with E-state index >= 15 is 0 Å². The molecule has 3 rings (SSSR count). The van der Waals surface area contributed by atoms with Crippen LogP contribution >= 0.6 is 0 Å². The Morgan fingerprint density at radius 3 is 2.57 bits per heavy atom. The lowest BCUT2D eigenvalue weighted by atomic mass is 10.1. The minimum Gasteiger partial charge on any atom is -0.489 e. The van der Waals surface area contributed by atoms with Crippen molar-refractivity contribution in [2.24, 2.45) is 5.92 Å². The van der Waals surface area contributed by atoms with Crippen LogP contribution in [0.5, 0.6) is 5.75 Å². The SMILES string of the molecule is CCCCCNC(=O)C1CC(=O)N(c2ccc(OCc3ccccc3)cc2)C1. The first kappa shape index (κ1) is 19.9. The summed E-state index contributed by atoms with van der Waals surface area (Å²) in [6.45, 7) is 3.75. The quantitative estimate of drug-likeness (QED) is 0.671. The highest BCUT2D eigenvalue weighted by Crippen LogP contribution is 2.27. The van der Waals surface area contributed by atoms with Gasteiger partial charge in [-0.2, -0.15) is 0 Å². The van der Waals surface area contributed by atoms with Gasteiger partial charge in [-0.05, 0) is 36.2 Å². The first-order valence-electron chi connectivity index (χ1n) is 10.0. The number of nitrogens with zero attached hydrogens (tertiary/aromatic N) is 1. The number of nitrogens with one attached hydrogen (secondary N) is 1. The maximum Gasteiger partial charge on any atom is 0.227 e. The predicted molar refractivity (Wildman–Crippen MR) is 110 cm³/mol. The second-order valence-electron chi connectivity index (χ2n) is 7.17. The van der Waals surface area contributed by atoms with E-state index in [1.807, 2.05) is 54.6 Å². The third kappa shape index (κ3) is 5.35. The second-order valence-corrected chi connectivity index (χ2v) is 7.17. The van der Waals surface area contributed by atoms with Crippen molar-refractivity contribution in [1.82, 2.24) is 5.32 Å². The normalized spacial score (nSPS) is 16.2. The standard InChI is InChI=1S/C23H28N2O3/c1-2-3-7-14-24-23(27)19-15-22(26)25(16-19)20-10-12-21(13-11-20)28-17-18-8-5-4-6-9-18/h4-6,8-13,19H,2-3,7,14-17H2,1H3,(H,24,27). The van der Waals surface area contributed by atoms with Gasteiger partial charge in [-0.15, -0.1) is 0 Å². The molecule has 1 atom stereocenters. The summed E-state index contributed by atoms with van der Waals surface area (Å²) in [5.74, 6) is 0.453. The van der Waals surface area contributed by atoms with Gasteiger partial charge in [0.2, 0.25) is 11.8 Å².